The van der Waals surface area contributed by atoms with E-state index >= 15 is 0 Å². The van der Waals surface area contributed by atoms with Gasteiger partial charge in [0, 0.05) is 55.8 Å². The number of rotatable bonds is 6. The number of aromatic nitrogens is 2. The van der Waals surface area contributed by atoms with E-state index < -0.39 is 0 Å². The molecule has 3 aromatic rings. The van der Waals surface area contributed by atoms with Gasteiger partial charge >= 0.3 is 0 Å². The topological polar surface area (TPSA) is 76.5 Å². The first kappa shape index (κ1) is 21.1. The predicted octanol–water partition coefficient (Wildman–Crippen LogP) is 3.27. The third-order valence-electron chi connectivity index (χ3n) is 5.84. The molecule has 0 unspecified atom stereocenters. The van der Waals surface area contributed by atoms with Crippen LogP contribution in [0.5, 0.6) is 0 Å². The first-order valence-corrected chi connectivity index (χ1v) is 10.7. The number of hydrogen-bond acceptors (Lipinski definition) is 4. The average molecular weight is 421 g/mol. The summed E-state index contributed by atoms with van der Waals surface area (Å²) < 4.78 is 6.91. The second kappa shape index (κ2) is 9.31. The molecule has 162 valence electrons. The van der Waals surface area contributed by atoms with Crippen LogP contribution in [-0.4, -0.2) is 59.6 Å². The van der Waals surface area contributed by atoms with E-state index in [4.69, 9.17) is 4.74 Å². The number of benzene rings is 1. The van der Waals surface area contributed by atoms with Crippen molar-refractivity contribution in [3.63, 3.8) is 0 Å². The van der Waals surface area contributed by atoms with Gasteiger partial charge < -0.3 is 19.5 Å². The van der Waals surface area contributed by atoms with Gasteiger partial charge in [-0.3, -0.25) is 9.59 Å². The summed E-state index contributed by atoms with van der Waals surface area (Å²) in [5.41, 5.74) is 2.90. The molecule has 1 saturated heterocycles. The minimum Gasteiger partial charge on any atom is -0.383 e. The lowest BCUT2D eigenvalue weighted by Gasteiger charge is -2.30. The van der Waals surface area contributed by atoms with Crippen LogP contribution in [-0.2, 0) is 4.74 Å². The first-order chi connectivity index (χ1) is 15.1. The highest BCUT2D eigenvalue weighted by atomic mass is 16.5. The Balaban J connectivity index is 1.50. The zero-order valence-electron chi connectivity index (χ0n) is 18.0. The Morgan fingerprint density at radius 1 is 1.13 bits per heavy atom. The maximum absolute atomic E-state index is 12.9. The summed E-state index contributed by atoms with van der Waals surface area (Å²) in [5.74, 6) is 0.605. The lowest BCUT2D eigenvalue weighted by molar-refractivity contribution is 0.0697. The SMILES string of the molecule is COCCNC(=O)c1ccc(-n2ccc3cc(C(=O)N4CCC(C)CC4)cnc32)cc1. The minimum absolute atomic E-state index is 0.0536. The van der Waals surface area contributed by atoms with E-state index in [1.54, 1.807) is 25.4 Å². The summed E-state index contributed by atoms with van der Waals surface area (Å²) >= 11 is 0. The summed E-state index contributed by atoms with van der Waals surface area (Å²) in [5, 5.41) is 3.73. The summed E-state index contributed by atoms with van der Waals surface area (Å²) in [6.07, 6.45) is 5.70. The molecule has 1 aliphatic heterocycles. The summed E-state index contributed by atoms with van der Waals surface area (Å²) in [6, 6.07) is 11.2. The van der Waals surface area contributed by atoms with Crippen molar-refractivity contribution in [3.05, 3.63) is 59.9 Å². The number of ether oxygens (including phenoxy) is 1. The van der Waals surface area contributed by atoms with Gasteiger partial charge in [-0.25, -0.2) is 4.98 Å². The van der Waals surface area contributed by atoms with Crippen molar-refractivity contribution in [2.75, 3.05) is 33.4 Å². The van der Waals surface area contributed by atoms with Gasteiger partial charge in [0.1, 0.15) is 5.65 Å². The number of hydrogen-bond donors (Lipinski definition) is 1. The molecule has 0 radical (unpaired) electrons. The highest BCUT2D eigenvalue weighted by Gasteiger charge is 2.22. The number of likely N-dealkylation sites (tertiary alicyclic amines) is 1. The number of amides is 2. The molecule has 0 saturated carbocycles. The molecule has 7 heteroatoms. The Kier molecular flexibility index (Phi) is 6.32. The molecule has 3 heterocycles. The normalized spacial score (nSPS) is 14.7. The molecule has 1 fully saturated rings. The number of piperidine rings is 1. The first-order valence-electron chi connectivity index (χ1n) is 10.7. The molecule has 1 N–H and O–H groups in total. The van der Waals surface area contributed by atoms with Crippen LogP contribution in [0.2, 0.25) is 0 Å². The molecular formula is C24H28N4O3. The van der Waals surface area contributed by atoms with Crippen LogP contribution in [0.3, 0.4) is 0 Å². The smallest absolute Gasteiger partial charge is 0.255 e. The largest absolute Gasteiger partial charge is 0.383 e. The van der Waals surface area contributed by atoms with Crippen molar-refractivity contribution >= 4 is 22.8 Å². The molecule has 0 bridgehead atoms. The van der Waals surface area contributed by atoms with Crippen LogP contribution >= 0.6 is 0 Å². The summed E-state index contributed by atoms with van der Waals surface area (Å²) in [6.45, 7) is 4.81. The van der Waals surface area contributed by atoms with Crippen molar-refractivity contribution < 1.29 is 14.3 Å². The summed E-state index contributed by atoms with van der Waals surface area (Å²) in [4.78, 5) is 31.5. The number of pyridine rings is 1. The fourth-order valence-electron chi connectivity index (χ4n) is 3.89. The third-order valence-corrected chi connectivity index (χ3v) is 5.84. The highest BCUT2D eigenvalue weighted by molar-refractivity contribution is 5.97. The van der Waals surface area contributed by atoms with E-state index in [1.807, 2.05) is 39.9 Å². The van der Waals surface area contributed by atoms with E-state index in [1.165, 1.54) is 0 Å². The fourth-order valence-corrected chi connectivity index (χ4v) is 3.89. The van der Waals surface area contributed by atoms with Crippen LogP contribution in [0.4, 0.5) is 0 Å². The van der Waals surface area contributed by atoms with Crippen molar-refractivity contribution in [3.8, 4) is 5.69 Å². The molecule has 0 spiro atoms. The zero-order chi connectivity index (χ0) is 21.8. The minimum atomic E-state index is -0.130. The predicted molar refractivity (Wildman–Crippen MR) is 120 cm³/mol. The Morgan fingerprint density at radius 3 is 2.58 bits per heavy atom. The van der Waals surface area contributed by atoms with Gasteiger partial charge in [0.2, 0.25) is 0 Å². The van der Waals surface area contributed by atoms with Crippen LogP contribution in [0.15, 0.2) is 48.8 Å². The molecule has 2 amide bonds. The monoisotopic (exact) mass is 420 g/mol. The molecule has 1 aliphatic rings. The van der Waals surface area contributed by atoms with Crippen LogP contribution in [0, 0.1) is 5.92 Å². The van der Waals surface area contributed by atoms with Gasteiger partial charge in [-0.1, -0.05) is 6.92 Å². The molecule has 4 rings (SSSR count). The number of fused-ring (bicyclic) bond motifs is 1. The van der Waals surface area contributed by atoms with E-state index in [0.29, 0.717) is 30.2 Å². The van der Waals surface area contributed by atoms with Crippen molar-refractivity contribution in [1.82, 2.24) is 19.8 Å². The Hall–Kier alpha value is -3.19. The maximum Gasteiger partial charge on any atom is 0.255 e. The zero-order valence-corrected chi connectivity index (χ0v) is 18.0. The van der Waals surface area contributed by atoms with Gasteiger partial charge in [-0.05, 0) is 55.2 Å². The quantitative estimate of drug-likeness (QED) is 0.621. The standard InChI is InChI=1S/C24H28N4O3/c1-17-7-11-27(12-8-17)24(30)20-15-19-9-13-28(22(19)26-16-20)21-5-3-18(4-6-21)23(29)25-10-14-31-2/h3-6,9,13,15-17H,7-8,10-12,14H2,1-2H3,(H,25,29). The number of nitrogens with zero attached hydrogens (tertiary/aromatic N) is 3. The van der Waals surface area contributed by atoms with Crippen LogP contribution in [0.25, 0.3) is 16.7 Å². The third kappa shape index (κ3) is 4.61. The second-order valence-electron chi connectivity index (χ2n) is 8.09. The molecule has 0 atom stereocenters. The van der Waals surface area contributed by atoms with Gasteiger partial charge in [-0.2, -0.15) is 0 Å². The van der Waals surface area contributed by atoms with E-state index in [0.717, 1.165) is 42.7 Å². The van der Waals surface area contributed by atoms with Gasteiger partial charge in [0.15, 0.2) is 0 Å². The second-order valence-corrected chi connectivity index (χ2v) is 8.09. The average Bonchev–Trinajstić information content (AvgIpc) is 3.22. The number of nitrogens with one attached hydrogen (secondary N) is 1. The molecule has 1 aromatic carbocycles. The molecule has 31 heavy (non-hydrogen) atoms. The lowest BCUT2D eigenvalue weighted by atomic mass is 9.99. The molecule has 7 nitrogen and oxygen atoms in total. The number of carbonyl (C=O) groups excluding carboxylic acids is 2. The van der Waals surface area contributed by atoms with E-state index in [9.17, 15) is 9.59 Å². The molecule has 2 aromatic heterocycles. The lowest BCUT2D eigenvalue weighted by Crippen LogP contribution is -2.37. The van der Waals surface area contributed by atoms with Gasteiger partial charge in [0.25, 0.3) is 11.8 Å². The van der Waals surface area contributed by atoms with Crippen molar-refractivity contribution in [2.24, 2.45) is 5.92 Å². The van der Waals surface area contributed by atoms with Gasteiger partial charge in [0.05, 0.1) is 12.2 Å². The highest BCUT2D eigenvalue weighted by Crippen LogP contribution is 2.22. The Morgan fingerprint density at radius 2 is 1.87 bits per heavy atom. The fraction of sp³-hybridized carbons (Fsp3) is 0.375. The van der Waals surface area contributed by atoms with Gasteiger partial charge in [-0.15, -0.1) is 0 Å². The summed E-state index contributed by atoms with van der Waals surface area (Å²) in [7, 11) is 1.60. The van der Waals surface area contributed by atoms with Crippen LogP contribution in [0.1, 0.15) is 40.5 Å². The Labute approximate surface area is 182 Å². The van der Waals surface area contributed by atoms with Crippen LogP contribution < -0.4 is 5.32 Å². The molecular weight excluding hydrogens is 392 g/mol. The Bertz CT molecular complexity index is 1070. The van der Waals surface area contributed by atoms with Crippen molar-refractivity contribution in [1.29, 1.82) is 0 Å². The van der Waals surface area contributed by atoms with E-state index in [-0.39, 0.29) is 11.8 Å². The van der Waals surface area contributed by atoms with Crippen molar-refractivity contribution in [2.45, 2.75) is 19.8 Å². The number of carbonyl (C=O) groups is 2. The number of methoxy groups -OCH3 is 1. The van der Waals surface area contributed by atoms with E-state index in [2.05, 4.69) is 17.2 Å². The maximum atomic E-state index is 12.9. The molecule has 0 aliphatic carbocycles.